The fraction of sp³-hybridized carbons (Fsp3) is 0.278. The summed E-state index contributed by atoms with van der Waals surface area (Å²) in [5.41, 5.74) is 2.66. The van der Waals surface area contributed by atoms with Crippen LogP contribution in [0.2, 0.25) is 0 Å². The molecule has 0 radical (unpaired) electrons. The van der Waals surface area contributed by atoms with Crippen molar-refractivity contribution < 1.29 is 9.53 Å². The molecule has 0 bridgehead atoms. The van der Waals surface area contributed by atoms with Crippen molar-refractivity contribution in [3.05, 3.63) is 63.6 Å². The Balaban J connectivity index is 2.10. The maximum absolute atomic E-state index is 12.4. The Morgan fingerprint density at radius 1 is 1.27 bits per heavy atom. The van der Waals surface area contributed by atoms with Crippen molar-refractivity contribution in [3.63, 3.8) is 0 Å². The predicted octanol–water partition coefficient (Wildman–Crippen LogP) is 4.65. The average Bonchev–Trinajstić information content (AvgIpc) is 2.49. The summed E-state index contributed by atoms with van der Waals surface area (Å²) in [6.45, 7) is 6.48. The van der Waals surface area contributed by atoms with Gasteiger partial charge in [0.05, 0.1) is 12.6 Å². The third kappa shape index (κ3) is 4.10. The van der Waals surface area contributed by atoms with E-state index in [9.17, 15) is 4.79 Å². The number of carbonyl (C=O) groups is 1. The van der Waals surface area contributed by atoms with Gasteiger partial charge in [-0.05, 0) is 62.2 Å². The van der Waals surface area contributed by atoms with Crippen LogP contribution in [-0.4, -0.2) is 12.5 Å². The first-order valence-corrected chi connectivity index (χ1v) is 8.10. The molecule has 3 nitrogen and oxygen atoms in total. The lowest BCUT2D eigenvalue weighted by Crippen LogP contribution is -2.26. The summed E-state index contributed by atoms with van der Waals surface area (Å²) < 4.78 is 6.50. The predicted molar refractivity (Wildman–Crippen MR) is 92.4 cm³/mol. The van der Waals surface area contributed by atoms with E-state index in [4.69, 9.17) is 4.74 Å². The molecule has 0 fully saturated rings. The van der Waals surface area contributed by atoms with Crippen LogP contribution in [0.3, 0.4) is 0 Å². The molecule has 116 valence electrons. The van der Waals surface area contributed by atoms with E-state index in [0.717, 1.165) is 21.3 Å². The van der Waals surface area contributed by atoms with Crippen LogP contribution in [-0.2, 0) is 0 Å². The summed E-state index contributed by atoms with van der Waals surface area (Å²) in [7, 11) is 0. The first kappa shape index (κ1) is 16.6. The van der Waals surface area contributed by atoms with Crippen molar-refractivity contribution in [2.24, 2.45) is 0 Å². The molecule has 0 heterocycles. The second-order valence-corrected chi connectivity index (χ2v) is 6.08. The van der Waals surface area contributed by atoms with Crippen LogP contribution in [0.1, 0.15) is 41.4 Å². The first-order chi connectivity index (χ1) is 10.5. The summed E-state index contributed by atoms with van der Waals surface area (Å²) in [6.07, 6.45) is 0. The van der Waals surface area contributed by atoms with Gasteiger partial charge in [-0.25, -0.2) is 0 Å². The molecule has 1 amide bonds. The van der Waals surface area contributed by atoms with Gasteiger partial charge >= 0.3 is 0 Å². The molecule has 2 aromatic carbocycles. The lowest BCUT2D eigenvalue weighted by Gasteiger charge is -2.15. The minimum atomic E-state index is -0.0846. The van der Waals surface area contributed by atoms with Gasteiger partial charge < -0.3 is 10.1 Å². The van der Waals surface area contributed by atoms with Crippen molar-refractivity contribution in [1.82, 2.24) is 5.32 Å². The van der Waals surface area contributed by atoms with Gasteiger partial charge in [0, 0.05) is 10.0 Å². The second-order valence-electron chi connectivity index (χ2n) is 5.16. The van der Waals surface area contributed by atoms with E-state index in [1.54, 1.807) is 6.07 Å². The van der Waals surface area contributed by atoms with Crippen LogP contribution in [0, 0.1) is 6.92 Å². The zero-order chi connectivity index (χ0) is 16.1. The van der Waals surface area contributed by atoms with Crippen molar-refractivity contribution in [1.29, 1.82) is 0 Å². The quantitative estimate of drug-likeness (QED) is 0.841. The third-order valence-electron chi connectivity index (χ3n) is 3.43. The molecule has 1 atom stereocenters. The van der Waals surface area contributed by atoms with Gasteiger partial charge in [0.15, 0.2) is 0 Å². The molecule has 1 unspecified atom stereocenters. The molecule has 22 heavy (non-hydrogen) atoms. The largest absolute Gasteiger partial charge is 0.494 e. The molecule has 2 rings (SSSR count). The van der Waals surface area contributed by atoms with E-state index in [0.29, 0.717) is 12.2 Å². The van der Waals surface area contributed by atoms with Crippen LogP contribution >= 0.6 is 15.9 Å². The minimum Gasteiger partial charge on any atom is -0.494 e. The normalized spacial score (nSPS) is 11.8. The fourth-order valence-electron chi connectivity index (χ4n) is 2.25. The van der Waals surface area contributed by atoms with Gasteiger partial charge in [0.25, 0.3) is 5.91 Å². The highest BCUT2D eigenvalue weighted by atomic mass is 79.9. The standard InChI is InChI=1S/C18H20BrNO2/c1-4-22-17-9-8-15(10-12(17)2)18(21)20-13(3)14-6-5-7-16(19)11-14/h5-11,13H,4H2,1-3H3,(H,20,21). The molecule has 1 N–H and O–H groups in total. The van der Waals surface area contributed by atoms with Gasteiger partial charge in [-0.3, -0.25) is 4.79 Å². The van der Waals surface area contributed by atoms with Gasteiger partial charge in [-0.1, -0.05) is 28.1 Å². The van der Waals surface area contributed by atoms with E-state index in [1.165, 1.54) is 0 Å². The van der Waals surface area contributed by atoms with Crippen molar-refractivity contribution in [3.8, 4) is 5.75 Å². The number of benzene rings is 2. The molecule has 4 heteroatoms. The Bertz CT molecular complexity index is 670. The Morgan fingerprint density at radius 3 is 2.68 bits per heavy atom. The van der Waals surface area contributed by atoms with Gasteiger partial charge in [-0.15, -0.1) is 0 Å². The van der Waals surface area contributed by atoms with Crippen LogP contribution in [0.5, 0.6) is 5.75 Å². The number of carbonyl (C=O) groups excluding carboxylic acids is 1. The highest BCUT2D eigenvalue weighted by Crippen LogP contribution is 2.21. The minimum absolute atomic E-state index is 0.0584. The number of halogens is 1. The highest BCUT2D eigenvalue weighted by Gasteiger charge is 2.13. The molecule has 0 aliphatic carbocycles. The molecular formula is C18H20BrNO2. The van der Waals surface area contributed by atoms with E-state index < -0.39 is 0 Å². The Kier molecular flexibility index (Phi) is 5.61. The van der Waals surface area contributed by atoms with E-state index in [1.807, 2.05) is 57.2 Å². The molecule has 0 saturated heterocycles. The number of hydrogen-bond donors (Lipinski definition) is 1. The zero-order valence-corrected chi connectivity index (χ0v) is 14.6. The lowest BCUT2D eigenvalue weighted by molar-refractivity contribution is 0.0939. The number of aryl methyl sites for hydroxylation is 1. The van der Waals surface area contributed by atoms with Crippen LogP contribution in [0.25, 0.3) is 0 Å². The van der Waals surface area contributed by atoms with Crippen molar-refractivity contribution in [2.75, 3.05) is 6.61 Å². The van der Waals surface area contributed by atoms with E-state index >= 15 is 0 Å². The molecule has 2 aromatic rings. The maximum Gasteiger partial charge on any atom is 0.251 e. The fourth-order valence-corrected chi connectivity index (χ4v) is 2.66. The maximum atomic E-state index is 12.4. The second kappa shape index (κ2) is 7.45. The topological polar surface area (TPSA) is 38.3 Å². The summed E-state index contributed by atoms with van der Waals surface area (Å²) >= 11 is 3.45. The lowest BCUT2D eigenvalue weighted by atomic mass is 10.1. The molecule has 0 saturated carbocycles. The molecule has 0 aliphatic rings. The monoisotopic (exact) mass is 361 g/mol. The highest BCUT2D eigenvalue weighted by molar-refractivity contribution is 9.10. The summed E-state index contributed by atoms with van der Waals surface area (Å²) in [5.74, 6) is 0.734. The van der Waals surface area contributed by atoms with Gasteiger partial charge in [0.2, 0.25) is 0 Å². The van der Waals surface area contributed by atoms with E-state index in [-0.39, 0.29) is 11.9 Å². The Labute approximate surface area is 139 Å². The smallest absolute Gasteiger partial charge is 0.251 e. The summed E-state index contributed by atoms with van der Waals surface area (Å²) in [4.78, 5) is 12.4. The van der Waals surface area contributed by atoms with Crippen LogP contribution in [0.15, 0.2) is 46.9 Å². The SMILES string of the molecule is CCOc1ccc(C(=O)NC(C)c2cccc(Br)c2)cc1C. The van der Waals surface area contributed by atoms with Crippen LogP contribution < -0.4 is 10.1 Å². The summed E-state index contributed by atoms with van der Waals surface area (Å²) in [5, 5.41) is 3.02. The van der Waals surface area contributed by atoms with Gasteiger partial charge in [-0.2, -0.15) is 0 Å². The zero-order valence-electron chi connectivity index (χ0n) is 13.0. The number of amides is 1. The number of rotatable bonds is 5. The average molecular weight is 362 g/mol. The number of ether oxygens (including phenoxy) is 1. The Morgan fingerprint density at radius 2 is 2.05 bits per heavy atom. The van der Waals surface area contributed by atoms with Crippen molar-refractivity contribution >= 4 is 21.8 Å². The molecule has 0 spiro atoms. The third-order valence-corrected chi connectivity index (χ3v) is 3.93. The molecule has 0 aliphatic heterocycles. The number of hydrogen-bond acceptors (Lipinski definition) is 2. The summed E-state index contributed by atoms with van der Waals surface area (Å²) in [6, 6.07) is 13.4. The number of nitrogens with one attached hydrogen (secondary N) is 1. The first-order valence-electron chi connectivity index (χ1n) is 7.31. The molecular weight excluding hydrogens is 342 g/mol. The Hall–Kier alpha value is -1.81. The van der Waals surface area contributed by atoms with E-state index in [2.05, 4.69) is 21.2 Å². The molecule has 0 aromatic heterocycles. The van der Waals surface area contributed by atoms with Gasteiger partial charge in [0.1, 0.15) is 5.75 Å². The van der Waals surface area contributed by atoms with Crippen LogP contribution in [0.4, 0.5) is 0 Å². The van der Waals surface area contributed by atoms with Crippen molar-refractivity contribution in [2.45, 2.75) is 26.8 Å².